The SMILES string of the molecule is Cc1nn(-c2ccc(Cl)cc2)c2sc(C(=O)NC[C@@H](c3cccs3)N3CCOCC3)cc12. The van der Waals surface area contributed by atoms with Crippen LogP contribution in [-0.4, -0.2) is 53.4 Å². The zero-order valence-electron chi connectivity index (χ0n) is 17.6. The van der Waals surface area contributed by atoms with E-state index in [-0.39, 0.29) is 11.9 Å². The number of carbonyl (C=O) groups is 1. The summed E-state index contributed by atoms with van der Waals surface area (Å²) in [5.41, 5.74) is 1.82. The highest BCUT2D eigenvalue weighted by Crippen LogP contribution is 2.31. The van der Waals surface area contributed by atoms with Crippen molar-refractivity contribution in [1.29, 1.82) is 0 Å². The van der Waals surface area contributed by atoms with Crippen LogP contribution in [0, 0.1) is 6.92 Å². The number of nitrogens with zero attached hydrogens (tertiary/aromatic N) is 3. The van der Waals surface area contributed by atoms with Crippen LogP contribution in [0.15, 0.2) is 47.8 Å². The van der Waals surface area contributed by atoms with E-state index >= 15 is 0 Å². The molecule has 4 heterocycles. The lowest BCUT2D eigenvalue weighted by molar-refractivity contribution is 0.0169. The Hall–Kier alpha value is -2.23. The topological polar surface area (TPSA) is 59.4 Å². The summed E-state index contributed by atoms with van der Waals surface area (Å²) in [5.74, 6) is -0.0527. The van der Waals surface area contributed by atoms with Gasteiger partial charge in [0.1, 0.15) is 4.83 Å². The van der Waals surface area contributed by atoms with Gasteiger partial charge in [0.2, 0.25) is 0 Å². The van der Waals surface area contributed by atoms with E-state index < -0.39 is 0 Å². The molecular weight excluding hydrogens is 464 g/mol. The quantitative estimate of drug-likeness (QED) is 0.420. The first-order valence-electron chi connectivity index (χ1n) is 10.5. The van der Waals surface area contributed by atoms with Crippen LogP contribution in [0.4, 0.5) is 0 Å². The minimum Gasteiger partial charge on any atom is -0.379 e. The summed E-state index contributed by atoms with van der Waals surface area (Å²) in [6.07, 6.45) is 0. The Kier molecular flexibility index (Phi) is 6.30. The van der Waals surface area contributed by atoms with Crippen molar-refractivity contribution in [2.75, 3.05) is 32.8 Å². The van der Waals surface area contributed by atoms with Crippen molar-refractivity contribution >= 4 is 50.4 Å². The Labute approximate surface area is 199 Å². The van der Waals surface area contributed by atoms with E-state index in [0.717, 1.165) is 47.9 Å². The Morgan fingerprint density at radius 2 is 2.03 bits per heavy atom. The zero-order valence-corrected chi connectivity index (χ0v) is 20.0. The Morgan fingerprint density at radius 1 is 1.25 bits per heavy atom. The third-order valence-electron chi connectivity index (χ3n) is 5.65. The number of aromatic nitrogens is 2. The molecular formula is C23H23ClN4O2S2. The Bertz CT molecular complexity index is 1210. The second kappa shape index (κ2) is 9.33. The molecule has 0 spiro atoms. The van der Waals surface area contributed by atoms with Crippen LogP contribution in [0.5, 0.6) is 0 Å². The first-order chi connectivity index (χ1) is 15.6. The number of hydrogen-bond acceptors (Lipinski definition) is 6. The Balaban J connectivity index is 1.36. The molecule has 1 N–H and O–H groups in total. The summed E-state index contributed by atoms with van der Waals surface area (Å²) >= 11 is 9.22. The summed E-state index contributed by atoms with van der Waals surface area (Å²) in [6, 6.07) is 13.9. The molecule has 166 valence electrons. The van der Waals surface area contributed by atoms with Gasteiger partial charge in [0.15, 0.2) is 0 Å². The lowest BCUT2D eigenvalue weighted by Gasteiger charge is -2.34. The van der Waals surface area contributed by atoms with Gasteiger partial charge in [-0.2, -0.15) is 5.10 Å². The number of morpholine rings is 1. The molecule has 9 heteroatoms. The van der Waals surface area contributed by atoms with Gasteiger partial charge in [0.05, 0.1) is 35.5 Å². The summed E-state index contributed by atoms with van der Waals surface area (Å²) in [7, 11) is 0. The highest BCUT2D eigenvalue weighted by Gasteiger charge is 2.25. The average molecular weight is 487 g/mol. The van der Waals surface area contributed by atoms with Gasteiger partial charge in [-0.3, -0.25) is 9.69 Å². The van der Waals surface area contributed by atoms with E-state index in [0.29, 0.717) is 16.4 Å². The second-order valence-corrected chi connectivity index (χ2v) is 10.1. The molecule has 32 heavy (non-hydrogen) atoms. The van der Waals surface area contributed by atoms with Crippen molar-refractivity contribution in [3.8, 4) is 5.69 Å². The van der Waals surface area contributed by atoms with Crippen LogP contribution in [-0.2, 0) is 4.74 Å². The van der Waals surface area contributed by atoms with Crippen LogP contribution >= 0.6 is 34.3 Å². The second-order valence-electron chi connectivity index (χ2n) is 7.69. The van der Waals surface area contributed by atoms with Crippen LogP contribution in [0.1, 0.15) is 26.3 Å². The number of benzene rings is 1. The maximum atomic E-state index is 13.1. The molecule has 4 aromatic rings. The number of thiophene rings is 2. The molecule has 1 aliphatic rings. The molecule has 1 amide bonds. The highest BCUT2D eigenvalue weighted by atomic mass is 35.5. The number of amides is 1. The molecule has 6 nitrogen and oxygen atoms in total. The van der Waals surface area contributed by atoms with E-state index in [4.69, 9.17) is 16.3 Å². The molecule has 1 fully saturated rings. The average Bonchev–Trinajstić information content (AvgIpc) is 3.54. The molecule has 1 aromatic carbocycles. The lowest BCUT2D eigenvalue weighted by Crippen LogP contribution is -2.43. The molecule has 0 radical (unpaired) electrons. The Morgan fingerprint density at radius 3 is 2.75 bits per heavy atom. The molecule has 1 atom stereocenters. The van der Waals surface area contributed by atoms with Crippen LogP contribution in [0.25, 0.3) is 15.9 Å². The maximum absolute atomic E-state index is 13.1. The van der Waals surface area contributed by atoms with Crippen LogP contribution in [0.2, 0.25) is 5.02 Å². The fourth-order valence-corrected chi connectivity index (χ4v) is 6.06. The lowest BCUT2D eigenvalue weighted by atomic mass is 10.2. The normalized spacial score (nSPS) is 15.8. The van der Waals surface area contributed by atoms with Crippen molar-refractivity contribution in [3.05, 3.63) is 68.3 Å². The summed E-state index contributed by atoms with van der Waals surface area (Å²) in [6.45, 7) is 5.73. The van der Waals surface area contributed by atoms with Gasteiger partial charge in [-0.05, 0) is 48.7 Å². The smallest absolute Gasteiger partial charge is 0.261 e. The summed E-state index contributed by atoms with van der Waals surface area (Å²) in [5, 5.41) is 11.6. The minimum absolute atomic E-state index is 0.0527. The van der Waals surface area contributed by atoms with Gasteiger partial charge in [-0.25, -0.2) is 4.68 Å². The minimum atomic E-state index is -0.0527. The molecule has 0 unspecified atom stereocenters. The van der Waals surface area contributed by atoms with E-state index in [1.165, 1.54) is 16.2 Å². The number of aryl methyl sites for hydroxylation is 1. The summed E-state index contributed by atoms with van der Waals surface area (Å²) in [4.78, 5) is 18.4. The van der Waals surface area contributed by atoms with Crippen molar-refractivity contribution in [1.82, 2.24) is 20.0 Å². The van der Waals surface area contributed by atoms with Gasteiger partial charge in [-0.1, -0.05) is 17.7 Å². The molecule has 0 bridgehead atoms. The van der Waals surface area contributed by atoms with E-state index in [2.05, 4.69) is 32.8 Å². The van der Waals surface area contributed by atoms with Crippen molar-refractivity contribution in [2.45, 2.75) is 13.0 Å². The monoisotopic (exact) mass is 486 g/mol. The maximum Gasteiger partial charge on any atom is 0.261 e. The molecule has 0 saturated carbocycles. The number of ether oxygens (including phenoxy) is 1. The third-order valence-corrected chi connectivity index (χ3v) is 7.99. The predicted octanol–water partition coefficient (Wildman–Crippen LogP) is 4.91. The van der Waals surface area contributed by atoms with Gasteiger partial charge in [0.25, 0.3) is 5.91 Å². The van der Waals surface area contributed by atoms with Gasteiger partial charge >= 0.3 is 0 Å². The highest BCUT2D eigenvalue weighted by molar-refractivity contribution is 7.20. The molecule has 5 rings (SSSR count). The number of rotatable bonds is 6. The predicted molar refractivity (Wildman–Crippen MR) is 130 cm³/mol. The first kappa shape index (κ1) is 21.6. The molecule has 0 aliphatic carbocycles. The summed E-state index contributed by atoms with van der Waals surface area (Å²) < 4.78 is 7.39. The fraction of sp³-hybridized carbons (Fsp3) is 0.304. The van der Waals surface area contributed by atoms with Crippen molar-refractivity contribution < 1.29 is 9.53 Å². The molecule has 1 aliphatic heterocycles. The first-order valence-corrected chi connectivity index (χ1v) is 12.6. The van der Waals surface area contributed by atoms with Crippen LogP contribution < -0.4 is 5.32 Å². The zero-order chi connectivity index (χ0) is 22.1. The van der Waals surface area contributed by atoms with Gasteiger partial charge < -0.3 is 10.1 Å². The molecule has 3 aromatic heterocycles. The third kappa shape index (κ3) is 4.33. The van der Waals surface area contributed by atoms with Crippen LogP contribution in [0.3, 0.4) is 0 Å². The van der Waals surface area contributed by atoms with E-state index in [9.17, 15) is 4.79 Å². The van der Waals surface area contributed by atoms with Gasteiger partial charge in [-0.15, -0.1) is 22.7 Å². The number of nitrogens with one attached hydrogen (secondary N) is 1. The van der Waals surface area contributed by atoms with E-state index in [1.54, 1.807) is 11.3 Å². The number of hydrogen-bond donors (Lipinski definition) is 1. The van der Waals surface area contributed by atoms with Crippen molar-refractivity contribution in [3.63, 3.8) is 0 Å². The fourth-order valence-electron chi connectivity index (χ4n) is 3.97. The number of fused-ring (bicyclic) bond motifs is 1. The largest absolute Gasteiger partial charge is 0.379 e. The van der Waals surface area contributed by atoms with E-state index in [1.807, 2.05) is 41.9 Å². The number of halogens is 1. The standard InChI is InChI=1S/C23H23ClN4O2S2/c1-15-18-13-21(32-23(18)28(26-15)17-6-4-16(24)5-7-17)22(29)25-14-19(20-3-2-12-31-20)27-8-10-30-11-9-27/h2-7,12-13,19H,8-11,14H2,1H3,(H,25,29)/t19-/m0/s1. The van der Waals surface area contributed by atoms with Gasteiger partial charge in [0, 0.05) is 34.9 Å². The molecule has 1 saturated heterocycles. The number of carbonyl (C=O) groups excluding carboxylic acids is 1. The van der Waals surface area contributed by atoms with Crippen molar-refractivity contribution in [2.24, 2.45) is 0 Å².